The van der Waals surface area contributed by atoms with Gasteiger partial charge >= 0.3 is 0 Å². The normalized spacial score (nSPS) is 17.2. The smallest absolute Gasteiger partial charge is 0.251 e. The number of pyridine rings is 1. The number of nitrogens with zero attached hydrogens (tertiary/aromatic N) is 2. The fraction of sp³-hybridized carbons (Fsp3) is 0.316. The molecule has 1 fully saturated rings. The highest BCUT2D eigenvalue weighted by Gasteiger charge is 2.27. The lowest BCUT2D eigenvalue weighted by molar-refractivity contribution is 0.757. The van der Waals surface area contributed by atoms with Gasteiger partial charge in [0, 0.05) is 30.7 Å². The average Bonchev–Trinajstić information content (AvgIpc) is 3.27. The molecule has 1 atom stereocenters. The summed E-state index contributed by atoms with van der Waals surface area (Å²) in [5, 5.41) is 1.24. The number of hydrogen-bond acceptors (Lipinski definition) is 2. The second kappa shape index (κ2) is 5.58. The Balaban J connectivity index is 1.92. The molecule has 23 heavy (non-hydrogen) atoms. The Kier molecular flexibility index (Phi) is 3.54. The Morgan fingerprint density at radius 3 is 2.78 bits per heavy atom. The summed E-state index contributed by atoms with van der Waals surface area (Å²) in [7, 11) is 2.86. The molecule has 3 nitrogen and oxygen atoms in total. The van der Waals surface area contributed by atoms with Gasteiger partial charge in [-0.1, -0.05) is 6.08 Å². The molecule has 2 aliphatic rings. The standard InChI is InChI=1S/C19H21N2OP/c1-3-21-17-9-8-14(20(2)19-5-4-10-23-19)11-16(17)15(12-18(21)22)13-6-7-13/h4-5,8-13,23H,3,6-7H2,1-2H3. The molecule has 1 aliphatic heterocycles. The first-order valence-corrected chi connectivity index (χ1v) is 9.31. The van der Waals surface area contributed by atoms with Crippen LogP contribution in [0.5, 0.6) is 0 Å². The highest BCUT2D eigenvalue weighted by Crippen LogP contribution is 2.43. The maximum Gasteiger partial charge on any atom is 0.251 e. The number of anilines is 1. The van der Waals surface area contributed by atoms with E-state index >= 15 is 0 Å². The van der Waals surface area contributed by atoms with E-state index in [0.29, 0.717) is 12.5 Å². The average molecular weight is 324 g/mol. The molecular weight excluding hydrogens is 303 g/mol. The van der Waals surface area contributed by atoms with Crippen molar-refractivity contribution in [2.75, 3.05) is 11.9 Å². The van der Waals surface area contributed by atoms with E-state index in [4.69, 9.17) is 0 Å². The molecule has 1 saturated carbocycles. The Hall–Kier alpha value is -1.99. The zero-order valence-electron chi connectivity index (χ0n) is 13.5. The summed E-state index contributed by atoms with van der Waals surface area (Å²) in [6.07, 6.45) is 6.72. The fourth-order valence-electron chi connectivity index (χ4n) is 3.33. The fourth-order valence-corrected chi connectivity index (χ4v) is 4.21. The lowest BCUT2D eigenvalue weighted by Crippen LogP contribution is -2.23. The monoisotopic (exact) mass is 324 g/mol. The Bertz CT molecular complexity index is 944. The largest absolute Gasteiger partial charge is 0.342 e. The van der Waals surface area contributed by atoms with Gasteiger partial charge in [-0.15, -0.1) is 7.83 Å². The van der Waals surface area contributed by atoms with Gasteiger partial charge in [0.15, 0.2) is 0 Å². The molecule has 4 rings (SSSR count). The van der Waals surface area contributed by atoms with Gasteiger partial charge in [0.25, 0.3) is 5.56 Å². The molecule has 0 N–H and O–H groups in total. The summed E-state index contributed by atoms with van der Waals surface area (Å²) in [6.45, 7) is 2.75. The van der Waals surface area contributed by atoms with Crippen molar-refractivity contribution in [3.8, 4) is 0 Å². The third-order valence-electron chi connectivity index (χ3n) is 4.79. The van der Waals surface area contributed by atoms with E-state index in [-0.39, 0.29) is 5.56 Å². The highest BCUT2D eigenvalue weighted by molar-refractivity contribution is 7.43. The second-order valence-electron chi connectivity index (χ2n) is 6.27. The molecule has 1 aromatic heterocycles. The van der Waals surface area contributed by atoms with Gasteiger partial charge < -0.3 is 9.47 Å². The maximum atomic E-state index is 12.4. The molecule has 1 aromatic carbocycles. The quantitative estimate of drug-likeness (QED) is 0.804. The van der Waals surface area contributed by atoms with Gasteiger partial charge in [-0.05, 0) is 61.3 Å². The van der Waals surface area contributed by atoms with Crippen LogP contribution in [0.25, 0.3) is 10.9 Å². The Labute approximate surface area is 137 Å². The number of fused-ring (bicyclic) bond motifs is 1. The first kappa shape index (κ1) is 14.6. The van der Waals surface area contributed by atoms with E-state index in [1.165, 1.54) is 34.9 Å². The van der Waals surface area contributed by atoms with Crippen molar-refractivity contribution >= 4 is 35.6 Å². The van der Waals surface area contributed by atoms with Crippen LogP contribution in [0.2, 0.25) is 0 Å². The van der Waals surface area contributed by atoms with Crippen LogP contribution in [0.1, 0.15) is 31.2 Å². The lowest BCUT2D eigenvalue weighted by atomic mass is 10.0. The number of benzene rings is 1. The van der Waals surface area contributed by atoms with Crippen LogP contribution in [-0.4, -0.2) is 22.8 Å². The lowest BCUT2D eigenvalue weighted by Gasteiger charge is -2.21. The third kappa shape index (κ3) is 2.49. The summed E-state index contributed by atoms with van der Waals surface area (Å²) in [6, 6.07) is 8.38. The van der Waals surface area contributed by atoms with Gasteiger partial charge in [-0.3, -0.25) is 4.79 Å². The first-order valence-electron chi connectivity index (χ1n) is 8.23. The van der Waals surface area contributed by atoms with Crippen molar-refractivity contribution < 1.29 is 0 Å². The zero-order valence-corrected chi connectivity index (χ0v) is 14.5. The summed E-state index contributed by atoms with van der Waals surface area (Å²) in [4.78, 5) is 14.6. The van der Waals surface area contributed by atoms with Crippen LogP contribution >= 0.6 is 7.83 Å². The van der Waals surface area contributed by atoms with Crippen molar-refractivity contribution in [3.63, 3.8) is 0 Å². The number of aryl methyl sites for hydroxylation is 1. The number of allylic oxidation sites excluding steroid dienone is 1. The van der Waals surface area contributed by atoms with Crippen molar-refractivity contribution in [2.24, 2.45) is 0 Å². The number of likely N-dealkylation sites (N-methyl/N-ethyl adjacent to an activating group) is 1. The molecule has 4 heteroatoms. The number of hydrogen-bond donors (Lipinski definition) is 0. The summed E-state index contributed by atoms with van der Waals surface area (Å²) < 4.78 is 1.88. The highest BCUT2D eigenvalue weighted by atomic mass is 31.0. The summed E-state index contributed by atoms with van der Waals surface area (Å²) in [5.41, 5.74) is 4.97. The number of rotatable bonds is 4. The van der Waals surface area contributed by atoms with Crippen LogP contribution in [0.4, 0.5) is 5.69 Å². The van der Waals surface area contributed by atoms with Crippen molar-refractivity contribution in [2.45, 2.75) is 32.2 Å². The molecule has 0 saturated heterocycles. The number of aromatic nitrogens is 1. The van der Waals surface area contributed by atoms with Crippen molar-refractivity contribution in [1.29, 1.82) is 0 Å². The van der Waals surface area contributed by atoms with E-state index < -0.39 is 0 Å². The van der Waals surface area contributed by atoms with Gasteiger partial charge in [0.1, 0.15) is 0 Å². The molecule has 1 aliphatic carbocycles. The summed E-state index contributed by atoms with van der Waals surface area (Å²) >= 11 is 0. The van der Waals surface area contributed by atoms with Gasteiger partial charge in [-0.25, -0.2) is 0 Å². The van der Waals surface area contributed by atoms with E-state index in [1.54, 1.807) is 0 Å². The van der Waals surface area contributed by atoms with Crippen LogP contribution in [0.15, 0.2) is 41.2 Å². The molecule has 0 amide bonds. The molecule has 0 radical (unpaired) electrons. The van der Waals surface area contributed by atoms with Crippen molar-refractivity contribution in [3.05, 3.63) is 52.3 Å². The minimum absolute atomic E-state index is 0.132. The Morgan fingerprint density at radius 2 is 2.13 bits per heavy atom. The summed E-state index contributed by atoms with van der Waals surface area (Å²) in [5.74, 6) is 2.78. The van der Waals surface area contributed by atoms with Crippen LogP contribution in [0.3, 0.4) is 0 Å². The van der Waals surface area contributed by atoms with Gasteiger partial charge in [0.2, 0.25) is 0 Å². The third-order valence-corrected chi connectivity index (χ3v) is 5.95. The molecule has 0 bridgehead atoms. The minimum atomic E-state index is 0.132. The van der Waals surface area contributed by atoms with Crippen LogP contribution < -0.4 is 10.5 Å². The molecule has 2 heterocycles. The second-order valence-corrected chi connectivity index (χ2v) is 7.41. The van der Waals surface area contributed by atoms with Gasteiger partial charge in [0.05, 0.1) is 10.9 Å². The molecular formula is C19H21N2OP. The van der Waals surface area contributed by atoms with Crippen LogP contribution in [0, 0.1) is 0 Å². The molecule has 0 spiro atoms. The zero-order chi connectivity index (χ0) is 16.0. The molecule has 118 valence electrons. The van der Waals surface area contributed by atoms with Crippen LogP contribution in [-0.2, 0) is 6.54 Å². The first-order chi connectivity index (χ1) is 11.2. The van der Waals surface area contributed by atoms with E-state index in [9.17, 15) is 4.79 Å². The van der Waals surface area contributed by atoms with E-state index in [2.05, 4.69) is 48.1 Å². The predicted octanol–water partition coefficient (Wildman–Crippen LogP) is 3.52. The van der Waals surface area contributed by atoms with Gasteiger partial charge in [-0.2, -0.15) is 0 Å². The molecule has 1 unspecified atom stereocenters. The van der Waals surface area contributed by atoms with E-state index in [1.807, 2.05) is 17.6 Å². The predicted molar refractivity (Wildman–Crippen MR) is 103 cm³/mol. The SMILES string of the molecule is CCn1c(=O)cc(C2CC2)c2cc(N(C)C3=[PH]=CC=C3)ccc21. The Morgan fingerprint density at radius 1 is 1.30 bits per heavy atom. The minimum Gasteiger partial charge on any atom is -0.342 e. The van der Waals surface area contributed by atoms with Crippen molar-refractivity contribution in [1.82, 2.24) is 4.57 Å². The molecule has 2 aromatic rings. The maximum absolute atomic E-state index is 12.4. The topological polar surface area (TPSA) is 25.2 Å². The van der Waals surface area contributed by atoms with E-state index in [0.717, 1.165) is 13.3 Å².